The van der Waals surface area contributed by atoms with Gasteiger partial charge in [-0.15, -0.1) is 0 Å². The van der Waals surface area contributed by atoms with E-state index >= 15 is 0 Å². The van der Waals surface area contributed by atoms with E-state index in [0.29, 0.717) is 42.3 Å². The van der Waals surface area contributed by atoms with Crippen LogP contribution in [0.3, 0.4) is 0 Å². The number of nitro groups is 1. The van der Waals surface area contributed by atoms with Gasteiger partial charge in [-0.1, -0.05) is 57.4 Å². The predicted molar refractivity (Wildman–Crippen MR) is 172 cm³/mol. The largest absolute Gasteiger partial charge is 0.481 e. The first-order valence-electron chi connectivity index (χ1n) is 16.0. The number of hydrogen-bond donors (Lipinski definition) is 3. The Morgan fingerprint density at radius 1 is 1.20 bits per heavy atom. The number of rotatable bonds is 13. The molecule has 1 amide bonds. The lowest BCUT2D eigenvalue weighted by molar-refractivity contribution is -0.525. The molecule has 12 nitrogen and oxygen atoms in total. The summed E-state index contributed by atoms with van der Waals surface area (Å²) < 4.78 is 13.3. The highest BCUT2D eigenvalue weighted by Gasteiger charge is 2.68. The fourth-order valence-corrected chi connectivity index (χ4v) is 7.66. The molecule has 242 valence electrons. The summed E-state index contributed by atoms with van der Waals surface area (Å²) in [5, 5.41) is 14.0. The van der Waals surface area contributed by atoms with Crippen molar-refractivity contribution in [1.29, 1.82) is 0 Å². The summed E-state index contributed by atoms with van der Waals surface area (Å²) in [4.78, 5) is 46.6. The van der Waals surface area contributed by atoms with Gasteiger partial charge in [0.1, 0.15) is 5.69 Å². The van der Waals surface area contributed by atoms with E-state index in [1.807, 2.05) is 35.8 Å². The number of guanidine groups is 1. The van der Waals surface area contributed by atoms with Gasteiger partial charge in [-0.05, 0) is 74.3 Å². The molecule has 0 radical (unpaired) electrons. The van der Waals surface area contributed by atoms with Gasteiger partial charge in [0.25, 0.3) is 5.96 Å². The minimum atomic E-state index is -0.784. The van der Waals surface area contributed by atoms with E-state index in [1.54, 1.807) is 6.07 Å². The number of carbonyl (C=O) groups excluding carboxylic acids is 2. The molecule has 45 heavy (non-hydrogen) atoms. The van der Waals surface area contributed by atoms with E-state index in [9.17, 15) is 19.7 Å². The van der Waals surface area contributed by atoms with E-state index in [2.05, 4.69) is 49.9 Å². The maximum Gasteiger partial charge on any atom is 0.481 e. The van der Waals surface area contributed by atoms with Crippen molar-refractivity contribution in [1.82, 2.24) is 15.7 Å². The van der Waals surface area contributed by atoms with Gasteiger partial charge in [-0.3, -0.25) is 9.59 Å². The Hall–Kier alpha value is -3.58. The molecule has 2 bridgehead atoms. The summed E-state index contributed by atoms with van der Waals surface area (Å²) in [5.74, 6) is -0.650. The van der Waals surface area contributed by atoms with Crippen LogP contribution >= 0.6 is 0 Å². The highest BCUT2D eigenvalue weighted by atomic mass is 16.7. The molecule has 1 aliphatic heterocycles. The van der Waals surface area contributed by atoms with Gasteiger partial charge >= 0.3 is 7.12 Å². The second-order valence-corrected chi connectivity index (χ2v) is 14.1. The molecule has 4 fully saturated rings. The van der Waals surface area contributed by atoms with Crippen LogP contribution < -0.4 is 16.5 Å². The van der Waals surface area contributed by atoms with Crippen molar-refractivity contribution in [2.45, 2.75) is 90.8 Å². The molecule has 3 aliphatic carbocycles. The van der Waals surface area contributed by atoms with Gasteiger partial charge in [0.05, 0.1) is 23.2 Å². The third-order valence-corrected chi connectivity index (χ3v) is 10.2. The number of para-hydroxylation sites is 1. The zero-order valence-corrected chi connectivity index (χ0v) is 26.8. The number of nitrogens with two attached hydrogens (primary N) is 1. The number of nitrogens with zero attached hydrogens (tertiary/aromatic N) is 3. The number of ketones is 1. The first-order valence-corrected chi connectivity index (χ1v) is 16.0. The summed E-state index contributed by atoms with van der Waals surface area (Å²) in [5.41, 5.74) is 8.16. The molecule has 6 rings (SSSR count). The van der Waals surface area contributed by atoms with Gasteiger partial charge in [0, 0.05) is 24.3 Å². The third-order valence-electron chi connectivity index (χ3n) is 10.2. The lowest BCUT2D eigenvalue weighted by Gasteiger charge is -2.64. The fourth-order valence-electron chi connectivity index (χ4n) is 7.66. The topological polar surface area (TPSA) is 171 Å². The number of benzene rings is 1. The third kappa shape index (κ3) is 6.99. The Morgan fingerprint density at radius 2 is 1.96 bits per heavy atom. The maximum absolute atomic E-state index is 14.0. The molecule has 1 aromatic carbocycles. The average molecular weight is 621 g/mol. The summed E-state index contributed by atoms with van der Waals surface area (Å²) in [6.07, 6.45) is 3.37. The summed E-state index contributed by atoms with van der Waals surface area (Å²) in [6.45, 7) is 11.1. The van der Waals surface area contributed by atoms with Crippen LogP contribution in [0.5, 0.6) is 0 Å². The second kappa shape index (κ2) is 13.0. The van der Waals surface area contributed by atoms with Gasteiger partial charge in [0.15, 0.2) is 10.8 Å². The van der Waals surface area contributed by atoms with Gasteiger partial charge in [-0.25, -0.2) is 20.1 Å². The van der Waals surface area contributed by atoms with Crippen LogP contribution in [0.15, 0.2) is 41.4 Å². The van der Waals surface area contributed by atoms with Crippen molar-refractivity contribution in [2.24, 2.45) is 39.8 Å². The Bertz CT molecular complexity index is 1470. The molecular weight excluding hydrogens is 575 g/mol. The highest BCUT2D eigenvalue weighted by molar-refractivity contribution is 6.47. The maximum atomic E-state index is 14.0. The predicted octanol–water partition coefficient (Wildman–Crippen LogP) is 4.10. The molecule has 0 spiro atoms. The number of hydrogen-bond acceptors (Lipinski definition) is 8. The standard InChI is InChI=1S/C32H45BN6O6/c1-19(2)15-28(33-44-27-18-22-17-26(31(22,3)4)32(27,5)45-33)37-29(41)21(10-8-14-35-30(34)38-39(42)43)16-25(40)24-13-12-20-9-6-7-11-23(20)36-24/h6-7,9,11-13,19,21-22,26-28H,8,10,14-18H2,1-5H3,(H,37,41)(H3,34,35,38)/t21-,22-,26-,27-,28+,32+/m1/s1. The van der Waals surface area contributed by atoms with Crippen molar-refractivity contribution in [2.75, 3.05) is 6.54 Å². The van der Waals surface area contributed by atoms with Gasteiger partial charge < -0.3 is 20.4 Å². The number of aromatic nitrogens is 1. The first-order chi connectivity index (χ1) is 21.3. The van der Waals surface area contributed by atoms with Crippen molar-refractivity contribution < 1.29 is 23.9 Å². The highest BCUT2D eigenvalue weighted by Crippen LogP contribution is 2.65. The summed E-state index contributed by atoms with van der Waals surface area (Å²) in [6, 6.07) is 11.1. The van der Waals surface area contributed by atoms with Crippen LogP contribution in [0, 0.1) is 39.2 Å². The molecule has 3 saturated carbocycles. The number of hydrazine groups is 1. The Labute approximate surface area is 264 Å². The van der Waals surface area contributed by atoms with Crippen molar-refractivity contribution >= 4 is 35.7 Å². The smallest absolute Gasteiger partial charge is 0.404 e. The average Bonchev–Trinajstić information content (AvgIpc) is 3.34. The Morgan fingerprint density at radius 3 is 2.67 bits per heavy atom. The number of carbonyl (C=O) groups is 2. The van der Waals surface area contributed by atoms with E-state index in [1.165, 1.54) is 0 Å². The number of aliphatic imine (C=N–C) groups is 1. The lowest BCUT2D eigenvalue weighted by Crippen LogP contribution is -2.65. The Balaban J connectivity index is 1.31. The zero-order valence-electron chi connectivity index (χ0n) is 26.8. The van der Waals surface area contributed by atoms with E-state index < -0.39 is 29.6 Å². The minimum Gasteiger partial charge on any atom is -0.404 e. The molecule has 4 aliphatic rings. The van der Waals surface area contributed by atoms with Gasteiger partial charge in [-0.2, -0.15) is 0 Å². The fraction of sp³-hybridized carbons (Fsp3) is 0.625. The lowest BCUT2D eigenvalue weighted by atomic mass is 9.43. The number of nitrogens with one attached hydrogen (secondary N) is 2. The number of Topliss-reactive ketones (excluding diaryl/α,β-unsaturated/α-hetero) is 1. The van der Waals surface area contributed by atoms with E-state index in [0.717, 1.165) is 18.2 Å². The van der Waals surface area contributed by atoms with Crippen molar-refractivity contribution in [3.05, 3.63) is 52.2 Å². The van der Waals surface area contributed by atoms with Crippen LogP contribution in [0.4, 0.5) is 0 Å². The van der Waals surface area contributed by atoms with Crippen LogP contribution in [0.25, 0.3) is 10.9 Å². The molecule has 4 N–H and O–H groups in total. The molecule has 0 unspecified atom stereocenters. The minimum absolute atomic E-state index is 0.0155. The SMILES string of the molecule is CC(C)C[C@H](NC(=O)[C@H](CCCN=C(N)N[N+](=O)[O-])CC(=O)c1ccc2ccccc2n1)B1O[C@@H]2C[C@H]3C[C@H](C3(C)C)[C@]2(C)O1. The quantitative estimate of drug-likeness (QED) is 0.0567. The first kappa shape index (κ1) is 32.8. The molecular formula is C32H45BN6O6. The van der Waals surface area contributed by atoms with E-state index in [4.69, 9.17) is 15.0 Å². The Kier molecular flexibility index (Phi) is 9.50. The van der Waals surface area contributed by atoms with Crippen molar-refractivity contribution in [3.63, 3.8) is 0 Å². The molecule has 1 saturated heterocycles. The van der Waals surface area contributed by atoms with Crippen LogP contribution in [-0.4, -0.2) is 59.0 Å². The van der Waals surface area contributed by atoms with E-state index in [-0.39, 0.29) is 48.1 Å². The number of fused-ring (bicyclic) bond motifs is 1. The van der Waals surface area contributed by atoms with Crippen LogP contribution in [0.2, 0.25) is 0 Å². The van der Waals surface area contributed by atoms with Crippen LogP contribution in [0.1, 0.15) is 83.6 Å². The van der Waals surface area contributed by atoms with Gasteiger partial charge in [0.2, 0.25) is 5.91 Å². The molecule has 1 aromatic heterocycles. The monoisotopic (exact) mass is 620 g/mol. The molecule has 2 aromatic rings. The summed E-state index contributed by atoms with van der Waals surface area (Å²) in [7, 11) is -0.586. The number of amides is 1. The van der Waals surface area contributed by atoms with Crippen molar-refractivity contribution in [3.8, 4) is 0 Å². The molecule has 13 heteroatoms. The normalized spacial score (nSPS) is 26.6. The molecule has 2 heterocycles. The number of pyridine rings is 1. The summed E-state index contributed by atoms with van der Waals surface area (Å²) >= 11 is 0. The van der Waals surface area contributed by atoms with Crippen LogP contribution in [-0.2, 0) is 14.1 Å². The second-order valence-electron chi connectivity index (χ2n) is 14.1. The zero-order chi connectivity index (χ0) is 32.5. The molecule has 6 atom stereocenters.